The maximum Gasteiger partial charge on any atom is 0.286 e. The third-order valence-electron chi connectivity index (χ3n) is 5.83. The highest BCUT2D eigenvalue weighted by Gasteiger charge is 2.33. The smallest absolute Gasteiger partial charge is 0.286 e. The van der Waals surface area contributed by atoms with E-state index in [1.54, 1.807) is 42.2 Å². The van der Waals surface area contributed by atoms with Gasteiger partial charge in [-0.25, -0.2) is 8.42 Å². The van der Waals surface area contributed by atoms with Crippen molar-refractivity contribution in [1.29, 1.82) is 0 Å². The number of aromatic nitrogens is 2. The lowest BCUT2D eigenvalue weighted by molar-refractivity contribution is -0.139. The van der Waals surface area contributed by atoms with Gasteiger partial charge in [0.2, 0.25) is 23.5 Å². The van der Waals surface area contributed by atoms with E-state index in [4.69, 9.17) is 13.9 Å². The first-order chi connectivity index (χ1) is 17.7. The highest BCUT2D eigenvalue weighted by molar-refractivity contribution is 7.90. The van der Waals surface area contributed by atoms with Gasteiger partial charge in [-0.3, -0.25) is 14.4 Å². The summed E-state index contributed by atoms with van der Waals surface area (Å²) in [6.45, 7) is 3.17. The Morgan fingerprint density at radius 2 is 1.84 bits per heavy atom. The van der Waals surface area contributed by atoms with Crippen molar-refractivity contribution >= 4 is 27.4 Å². The number of carbonyl (C=O) groups excluding carboxylic acids is 3. The second-order valence-corrected chi connectivity index (χ2v) is 10.8. The fourth-order valence-corrected chi connectivity index (χ4v) is 5.60. The average Bonchev–Trinajstić information content (AvgIpc) is 3.36. The van der Waals surface area contributed by atoms with E-state index < -0.39 is 39.2 Å². The Bertz CT molecular complexity index is 1160. The van der Waals surface area contributed by atoms with Crippen LogP contribution in [0.4, 0.5) is 0 Å². The van der Waals surface area contributed by atoms with Crippen molar-refractivity contribution in [1.82, 2.24) is 20.4 Å². The zero-order chi connectivity index (χ0) is 26.8. The maximum atomic E-state index is 13.3. The van der Waals surface area contributed by atoms with Crippen molar-refractivity contribution in [3.05, 3.63) is 47.7 Å². The van der Waals surface area contributed by atoms with Crippen LogP contribution in [0.15, 0.2) is 34.7 Å². The van der Waals surface area contributed by atoms with Crippen molar-refractivity contribution in [3.8, 4) is 0 Å². The zero-order valence-electron chi connectivity index (χ0n) is 20.9. The monoisotopic (exact) mass is 536 g/mol. The van der Waals surface area contributed by atoms with Crippen LogP contribution < -0.4 is 5.32 Å². The number of ketones is 1. The molecule has 2 atom stereocenters. The molecule has 1 fully saturated rings. The van der Waals surface area contributed by atoms with Gasteiger partial charge in [0.25, 0.3) is 5.89 Å². The Balaban J connectivity index is 1.75. The topological polar surface area (TPSA) is 158 Å². The summed E-state index contributed by atoms with van der Waals surface area (Å²) in [5, 5.41) is 10.0. The molecule has 13 heteroatoms. The van der Waals surface area contributed by atoms with Gasteiger partial charge in [0.15, 0.2) is 9.84 Å². The molecule has 2 amide bonds. The number of benzene rings is 1. The number of hydrogen-bond donors (Lipinski definition) is 1. The number of Topliss-reactive ketones (excluding diaryl/α,β-unsaturated/α-hetero) is 1. The summed E-state index contributed by atoms with van der Waals surface area (Å²) in [5.41, 5.74) is 0.575. The van der Waals surface area contributed by atoms with Crippen LogP contribution >= 0.6 is 0 Å². The van der Waals surface area contributed by atoms with Crippen molar-refractivity contribution in [3.63, 3.8) is 0 Å². The molecule has 1 aromatic heterocycles. The molecule has 2 aromatic rings. The third kappa shape index (κ3) is 8.44. The summed E-state index contributed by atoms with van der Waals surface area (Å²) < 4.78 is 41.5. The number of nitrogens with one attached hydrogen (secondary N) is 1. The number of morpholine rings is 1. The molecule has 0 spiro atoms. The van der Waals surface area contributed by atoms with Crippen molar-refractivity contribution in [2.45, 2.75) is 38.2 Å². The van der Waals surface area contributed by atoms with Crippen LogP contribution in [0.1, 0.15) is 41.9 Å². The van der Waals surface area contributed by atoms with E-state index in [-0.39, 0.29) is 42.9 Å². The molecular formula is C24H32N4O8S. The van der Waals surface area contributed by atoms with Crippen LogP contribution in [0.25, 0.3) is 0 Å². The molecule has 2 heterocycles. The first kappa shape index (κ1) is 28.4. The van der Waals surface area contributed by atoms with Gasteiger partial charge in [0.1, 0.15) is 6.61 Å². The molecule has 1 unspecified atom stereocenters. The van der Waals surface area contributed by atoms with E-state index in [0.717, 1.165) is 0 Å². The molecular weight excluding hydrogens is 504 g/mol. The number of amides is 2. The second-order valence-electron chi connectivity index (χ2n) is 8.70. The first-order valence-electron chi connectivity index (χ1n) is 12.0. The SMILES string of the molecule is CC[C@H](NC(=O)C(CC(=O)N1CCOCC1)CS(=O)(=O)Cc1ccccc1)C(=O)c1nnc(COC)o1. The third-order valence-corrected chi connectivity index (χ3v) is 7.51. The summed E-state index contributed by atoms with van der Waals surface area (Å²) >= 11 is 0. The second kappa shape index (κ2) is 13.4. The number of ether oxygens (including phenoxy) is 2. The number of nitrogens with zero attached hydrogens (tertiary/aromatic N) is 3. The predicted octanol–water partition coefficient (Wildman–Crippen LogP) is 0.774. The lowest BCUT2D eigenvalue weighted by Gasteiger charge is -2.28. The van der Waals surface area contributed by atoms with E-state index in [2.05, 4.69) is 15.5 Å². The van der Waals surface area contributed by atoms with Gasteiger partial charge < -0.3 is 24.1 Å². The Kier molecular flexibility index (Phi) is 10.3. The van der Waals surface area contributed by atoms with E-state index in [0.29, 0.717) is 31.9 Å². The molecule has 0 aliphatic carbocycles. The van der Waals surface area contributed by atoms with Gasteiger partial charge in [-0.2, -0.15) is 0 Å². The fourth-order valence-electron chi connectivity index (χ4n) is 3.90. The lowest BCUT2D eigenvalue weighted by atomic mass is 10.0. The number of sulfone groups is 1. The molecule has 1 aliphatic rings. The zero-order valence-corrected chi connectivity index (χ0v) is 21.7. The van der Waals surface area contributed by atoms with E-state index in [1.807, 2.05) is 0 Å². The highest BCUT2D eigenvalue weighted by atomic mass is 32.2. The molecule has 0 bridgehead atoms. The highest BCUT2D eigenvalue weighted by Crippen LogP contribution is 2.17. The molecule has 1 aromatic carbocycles. The number of hydrogen-bond acceptors (Lipinski definition) is 10. The van der Waals surface area contributed by atoms with E-state index in [1.165, 1.54) is 7.11 Å². The number of methoxy groups -OCH3 is 1. The Labute approximate surface area is 215 Å². The molecule has 37 heavy (non-hydrogen) atoms. The van der Waals surface area contributed by atoms with E-state index >= 15 is 0 Å². The van der Waals surface area contributed by atoms with Crippen molar-refractivity contribution < 1.29 is 36.7 Å². The largest absolute Gasteiger partial charge is 0.416 e. The van der Waals surface area contributed by atoms with Gasteiger partial charge in [-0.15, -0.1) is 10.2 Å². The Morgan fingerprint density at radius 3 is 2.49 bits per heavy atom. The van der Waals surface area contributed by atoms with Crippen LogP contribution in [0.3, 0.4) is 0 Å². The van der Waals surface area contributed by atoms with Gasteiger partial charge in [-0.05, 0) is 12.0 Å². The fraction of sp³-hybridized carbons (Fsp3) is 0.542. The average molecular weight is 537 g/mol. The number of carbonyl (C=O) groups is 3. The first-order valence-corrected chi connectivity index (χ1v) is 13.8. The van der Waals surface area contributed by atoms with Crippen LogP contribution in [-0.2, 0) is 41.3 Å². The standard InChI is InChI=1S/C24H32N4O8S/c1-3-19(22(30)24-27-26-20(36-24)14-34-2)25-23(31)18(13-21(29)28-9-11-35-12-10-28)16-37(32,33)15-17-7-5-4-6-8-17/h4-8,18-19H,3,9-16H2,1-2H3,(H,25,31)/t18?,19-/m0/s1. The van der Waals surface area contributed by atoms with Gasteiger partial charge in [0.05, 0.1) is 36.7 Å². The van der Waals surface area contributed by atoms with Crippen molar-refractivity contribution in [2.75, 3.05) is 39.2 Å². The summed E-state index contributed by atoms with van der Waals surface area (Å²) in [6.07, 6.45) is -0.128. The number of rotatable bonds is 13. The summed E-state index contributed by atoms with van der Waals surface area (Å²) in [5.74, 6) is -3.89. The molecule has 3 rings (SSSR count). The Morgan fingerprint density at radius 1 is 1.14 bits per heavy atom. The van der Waals surface area contributed by atoms with Gasteiger partial charge in [-0.1, -0.05) is 37.3 Å². The summed E-state index contributed by atoms with van der Waals surface area (Å²) in [7, 11) is -2.33. The Hall–Kier alpha value is -3.16. The maximum absolute atomic E-state index is 13.3. The molecule has 202 valence electrons. The lowest BCUT2D eigenvalue weighted by Crippen LogP contribution is -2.47. The molecule has 0 radical (unpaired) electrons. The molecule has 12 nitrogen and oxygen atoms in total. The van der Waals surface area contributed by atoms with Gasteiger partial charge in [0, 0.05) is 26.6 Å². The minimum Gasteiger partial charge on any atom is -0.416 e. The van der Waals surface area contributed by atoms with Crippen LogP contribution in [0.2, 0.25) is 0 Å². The quantitative estimate of drug-likeness (QED) is 0.363. The predicted molar refractivity (Wildman–Crippen MR) is 131 cm³/mol. The normalized spacial score (nSPS) is 15.7. The van der Waals surface area contributed by atoms with Crippen LogP contribution in [-0.4, -0.2) is 86.3 Å². The molecule has 1 N–H and O–H groups in total. The van der Waals surface area contributed by atoms with Crippen molar-refractivity contribution in [2.24, 2.45) is 5.92 Å². The van der Waals surface area contributed by atoms with Crippen LogP contribution in [0.5, 0.6) is 0 Å². The molecule has 0 saturated carbocycles. The van der Waals surface area contributed by atoms with E-state index in [9.17, 15) is 22.8 Å². The van der Waals surface area contributed by atoms with Gasteiger partial charge >= 0.3 is 0 Å². The summed E-state index contributed by atoms with van der Waals surface area (Å²) in [6, 6.07) is 7.55. The molecule has 1 aliphatic heterocycles. The summed E-state index contributed by atoms with van der Waals surface area (Å²) in [4.78, 5) is 40.6. The minimum atomic E-state index is -3.77. The minimum absolute atomic E-state index is 0.0223. The molecule has 1 saturated heterocycles. The van der Waals surface area contributed by atoms with Crippen LogP contribution in [0, 0.1) is 5.92 Å².